The fraction of sp³-hybridized carbons (Fsp3) is 0.400. The molecule has 0 unspecified atom stereocenters. The van der Waals surface area contributed by atoms with Gasteiger partial charge in [0, 0.05) is 20.8 Å². The average molecular weight is 459 g/mol. The van der Waals surface area contributed by atoms with Crippen molar-refractivity contribution in [2.45, 2.75) is 52.3 Å². The number of ether oxygens (including phenoxy) is 5. The summed E-state index contributed by atoms with van der Waals surface area (Å²) < 4.78 is 27.8. The molecule has 0 fully saturated rings. The van der Waals surface area contributed by atoms with Crippen LogP contribution in [0.15, 0.2) is 60.7 Å². The molecule has 2 aromatic carbocycles. The molecule has 0 saturated heterocycles. The van der Waals surface area contributed by atoms with Crippen LogP contribution < -0.4 is 0 Å². The number of carbonyl (C=O) groups is 3. The summed E-state index contributed by atoms with van der Waals surface area (Å²) in [4.78, 5) is 35.1. The van der Waals surface area contributed by atoms with Crippen molar-refractivity contribution in [1.82, 2.24) is 0 Å². The van der Waals surface area contributed by atoms with Crippen molar-refractivity contribution in [2.24, 2.45) is 0 Å². The predicted molar refractivity (Wildman–Crippen MR) is 119 cm³/mol. The fourth-order valence-electron chi connectivity index (χ4n) is 3.07. The first-order valence-electron chi connectivity index (χ1n) is 10.6. The Balaban J connectivity index is 2.19. The van der Waals surface area contributed by atoms with E-state index in [0.717, 1.165) is 11.1 Å². The molecule has 8 nitrogen and oxygen atoms in total. The molecule has 3 atom stereocenters. The second-order valence-electron chi connectivity index (χ2n) is 7.36. The second kappa shape index (κ2) is 14.0. The maximum Gasteiger partial charge on any atom is 0.303 e. The summed E-state index contributed by atoms with van der Waals surface area (Å²) in [6.07, 6.45) is -2.95. The van der Waals surface area contributed by atoms with E-state index in [1.807, 2.05) is 60.7 Å². The minimum absolute atomic E-state index is 0.0578. The Morgan fingerprint density at radius 3 is 1.73 bits per heavy atom. The van der Waals surface area contributed by atoms with E-state index >= 15 is 0 Å². The number of rotatable bonds is 13. The highest BCUT2D eigenvalue weighted by Crippen LogP contribution is 2.18. The lowest BCUT2D eigenvalue weighted by Crippen LogP contribution is -2.48. The van der Waals surface area contributed by atoms with Crippen LogP contribution in [0.4, 0.5) is 0 Å². The van der Waals surface area contributed by atoms with Crippen molar-refractivity contribution in [1.29, 1.82) is 0 Å². The van der Waals surface area contributed by atoms with Crippen LogP contribution in [0.25, 0.3) is 0 Å². The summed E-state index contributed by atoms with van der Waals surface area (Å²) in [5.74, 6) is -1.69. The summed E-state index contributed by atoms with van der Waals surface area (Å²) in [6.45, 7) is 3.94. The lowest BCUT2D eigenvalue weighted by atomic mass is 10.1. The summed E-state index contributed by atoms with van der Waals surface area (Å²) in [6, 6.07) is 18.8. The van der Waals surface area contributed by atoms with Gasteiger partial charge in [-0.05, 0) is 11.1 Å². The highest BCUT2D eigenvalue weighted by Gasteiger charge is 2.36. The average Bonchev–Trinajstić information content (AvgIpc) is 2.78. The van der Waals surface area contributed by atoms with Crippen LogP contribution in [0.3, 0.4) is 0 Å². The molecule has 33 heavy (non-hydrogen) atoms. The molecular formula is C25H30O8. The zero-order chi connectivity index (χ0) is 24.1. The van der Waals surface area contributed by atoms with E-state index in [9.17, 15) is 14.4 Å². The second-order valence-corrected chi connectivity index (χ2v) is 7.36. The van der Waals surface area contributed by atoms with Gasteiger partial charge in [-0.3, -0.25) is 14.4 Å². The van der Waals surface area contributed by atoms with Crippen molar-refractivity contribution in [3.63, 3.8) is 0 Å². The van der Waals surface area contributed by atoms with Crippen LogP contribution in [-0.4, -0.2) is 49.4 Å². The molecule has 0 heterocycles. The third-order valence-corrected chi connectivity index (χ3v) is 4.50. The Labute approximate surface area is 193 Å². The molecule has 0 spiro atoms. The molecule has 0 bridgehead atoms. The number of hydrogen-bond acceptors (Lipinski definition) is 8. The number of benzene rings is 2. The summed E-state index contributed by atoms with van der Waals surface area (Å²) in [5, 5.41) is 0. The quantitative estimate of drug-likeness (QED) is 0.333. The van der Waals surface area contributed by atoms with Gasteiger partial charge >= 0.3 is 17.9 Å². The standard InChI is InChI=1S/C25H30O8/c1-18(26)30-17-23(31-15-22-12-8-5-9-13-22)25(33-20(3)28)24(32-19(2)27)16-29-14-21-10-6-4-7-11-21/h4-13,23-25H,14-17H2,1-3H3/t23-,24+,25-/m1/s1. The molecule has 0 saturated carbocycles. The summed E-state index contributed by atoms with van der Waals surface area (Å²) in [5.41, 5.74) is 1.80. The Morgan fingerprint density at radius 1 is 0.667 bits per heavy atom. The van der Waals surface area contributed by atoms with Gasteiger partial charge in [-0.15, -0.1) is 0 Å². The molecule has 178 valence electrons. The topological polar surface area (TPSA) is 97.4 Å². The first-order valence-corrected chi connectivity index (χ1v) is 10.6. The van der Waals surface area contributed by atoms with Crippen molar-refractivity contribution in [2.75, 3.05) is 13.2 Å². The Bertz CT molecular complexity index is 868. The van der Waals surface area contributed by atoms with Gasteiger partial charge in [0.2, 0.25) is 0 Å². The Kier molecular flexibility index (Phi) is 11.1. The van der Waals surface area contributed by atoms with Crippen LogP contribution in [0.5, 0.6) is 0 Å². The number of esters is 3. The van der Waals surface area contributed by atoms with Crippen molar-refractivity contribution >= 4 is 17.9 Å². The maximum absolute atomic E-state index is 11.9. The van der Waals surface area contributed by atoms with Gasteiger partial charge in [0.05, 0.1) is 19.8 Å². The van der Waals surface area contributed by atoms with Crippen LogP contribution in [0.2, 0.25) is 0 Å². The predicted octanol–water partition coefficient (Wildman–Crippen LogP) is 3.22. The van der Waals surface area contributed by atoms with E-state index in [1.165, 1.54) is 20.8 Å². The fourth-order valence-corrected chi connectivity index (χ4v) is 3.07. The van der Waals surface area contributed by atoms with Gasteiger partial charge in [-0.1, -0.05) is 60.7 Å². The van der Waals surface area contributed by atoms with Crippen LogP contribution >= 0.6 is 0 Å². The van der Waals surface area contributed by atoms with Crippen LogP contribution in [-0.2, 0) is 51.3 Å². The Morgan fingerprint density at radius 2 is 1.21 bits per heavy atom. The SMILES string of the molecule is CC(=O)OC[C@@H](OCc1ccccc1)[C@@H](OC(C)=O)[C@H](COCc1ccccc1)OC(C)=O. The molecule has 8 heteroatoms. The molecular weight excluding hydrogens is 428 g/mol. The van der Waals surface area contributed by atoms with Gasteiger partial charge < -0.3 is 23.7 Å². The van der Waals surface area contributed by atoms with E-state index < -0.39 is 36.2 Å². The van der Waals surface area contributed by atoms with Gasteiger partial charge in [0.15, 0.2) is 12.2 Å². The normalized spacial score (nSPS) is 13.4. The highest BCUT2D eigenvalue weighted by atomic mass is 16.6. The van der Waals surface area contributed by atoms with Crippen LogP contribution in [0, 0.1) is 0 Å². The minimum Gasteiger partial charge on any atom is -0.463 e. The molecule has 0 aliphatic heterocycles. The zero-order valence-electron chi connectivity index (χ0n) is 19.1. The molecule has 0 aliphatic carbocycles. The highest BCUT2D eigenvalue weighted by molar-refractivity contribution is 5.67. The molecule has 0 aliphatic rings. The van der Waals surface area contributed by atoms with Gasteiger partial charge in [0.25, 0.3) is 0 Å². The van der Waals surface area contributed by atoms with Crippen LogP contribution in [0.1, 0.15) is 31.9 Å². The Hall–Kier alpha value is -3.23. The van der Waals surface area contributed by atoms with E-state index in [0.29, 0.717) is 0 Å². The summed E-state index contributed by atoms with van der Waals surface area (Å²) >= 11 is 0. The molecule has 0 N–H and O–H groups in total. The molecule has 0 amide bonds. The molecule has 0 radical (unpaired) electrons. The number of hydrogen-bond donors (Lipinski definition) is 0. The minimum atomic E-state index is -1.06. The third kappa shape index (κ3) is 10.3. The van der Waals surface area contributed by atoms with Crippen molar-refractivity contribution in [3.8, 4) is 0 Å². The zero-order valence-corrected chi connectivity index (χ0v) is 19.1. The van der Waals surface area contributed by atoms with Crippen molar-refractivity contribution in [3.05, 3.63) is 71.8 Å². The van der Waals surface area contributed by atoms with Gasteiger partial charge in [-0.2, -0.15) is 0 Å². The molecule has 2 aromatic rings. The number of carbonyl (C=O) groups excluding carboxylic acids is 3. The first kappa shape index (κ1) is 26.0. The van der Waals surface area contributed by atoms with Gasteiger partial charge in [-0.25, -0.2) is 0 Å². The first-order chi connectivity index (χ1) is 15.8. The van der Waals surface area contributed by atoms with E-state index in [-0.39, 0.29) is 26.4 Å². The van der Waals surface area contributed by atoms with E-state index in [2.05, 4.69) is 0 Å². The van der Waals surface area contributed by atoms with Gasteiger partial charge in [0.1, 0.15) is 12.7 Å². The monoisotopic (exact) mass is 458 g/mol. The van der Waals surface area contributed by atoms with E-state index in [1.54, 1.807) is 0 Å². The molecule has 2 rings (SSSR count). The largest absolute Gasteiger partial charge is 0.463 e. The smallest absolute Gasteiger partial charge is 0.303 e. The molecule has 0 aromatic heterocycles. The third-order valence-electron chi connectivity index (χ3n) is 4.50. The van der Waals surface area contributed by atoms with E-state index in [4.69, 9.17) is 23.7 Å². The summed E-state index contributed by atoms with van der Waals surface area (Å²) in [7, 11) is 0. The maximum atomic E-state index is 11.9. The lowest BCUT2D eigenvalue weighted by Gasteiger charge is -2.32. The van der Waals surface area contributed by atoms with Crippen molar-refractivity contribution < 1.29 is 38.1 Å². The lowest BCUT2D eigenvalue weighted by molar-refractivity contribution is -0.192.